The molecule has 158 valence electrons. The minimum Gasteiger partial charge on any atom is -0.452 e. The Hall–Kier alpha value is -3.39. The molecule has 1 aromatic heterocycles. The number of rotatable bonds is 8. The van der Waals surface area contributed by atoms with Crippen LogP contribution in [0.3, 0.4) is 0 Å². The second-order valence-corrected chi connectivity index (χ2v) is 6.73. The molecule has 0 bridgehead atoms. The Morgan fingerprint density at radius 2 is 2.00 bits per heavy atom. The van der Waals surface area contributed by atoms with E-state index in [2.05, 4.69) is 17.0 Å². The SMILES string of the molecule is C=CCNC(=O)NC(=O)COC(=O)/C=C/c1c(C)nn(Cc2ccccc2Cl)c1C. The zero-order valence-corrected chi connectivity index (χ0v) is 17.5. The van der Waals surface area contributed by atoms with Gasteiger partial charge in [0, 0.05) is 28.9 Å². The number of nitrogens with zero attached hydrogens (tertiary/aromatic N) is 2. The van der Waals surface area contributed by atoms with E-state index in [-0.39, 0.29) is 6.54 Å². The predicted molar refractivity (Wildman–Crippen MR) is 114 cm³/mol. The van der Waals surface area contributed by atoms with Crippen molar-refractivity contribution in [3.05, 3.63) is 70.5 Å². The largest absolute Gasteiger partial charge is 0.452 e. The fourth-order valence-electron chi connectivity index (χ4n) is 2.60. The van der Waals surface area contributed by atoms with Gasteiger partial charge < -0.3 is 10.1 Å². The molecular formula is C21H23ClN4O4. The van der Waals surface area contributed by atoms with Crippen molar-refractivity contribution < 1.29 is 19.1 Å². The van der Waals surface area contributed by atoms with Gasteiger partial charge in [0.1, 0.15) is 0 Å². The van der Waals surface area contributed by atoms with Crippen molar-refractivity contribution in [3.63, 3.8) is 0 Å². The van der Waals surface area contributed by atoms with Crippen LogP contribution >= 0.6 is 11.6 Å². The summed E-state index contributed by atoms with van der Waals surface area (Å²) in [5.74, 6) is -1.45. The number of hydrogen-bond acceptors (Lipinski definition) is 5. The van der Waals surface area contributed by atoms with E-state index in [0.717, 1.165) is 22.5 Å². The summed E-state index contributed by atoms with van der Waals surface area (Å²) < 4.78 is 6.65. The van der Waals surface area contributed by atoms with Gasteiger partial charge in [-0.05, 0) is 31.6 Å². The standard InChI is InChI=1S/C21H23ClN4O4/c1-4-11-23-21(29)24-19(27)13-30-20(28)10-9-17-14(2)25-26(15(17)3)12-16-7-5-6-8-18(16)22/h4-10H,1,11-13H2,2-3H3,(H2,23,24,27,29)/b10-9+. The Bertz CT molecular complexity index is 981. The quantitative estimate of drug-likeness (QED) is 0.381. The van der Waals surface area contributed by atoms with Crippen LogP contribution in [0.4, 0.5) is 4.79 Å². The molecule has 1 aromatic carbocycles. The number of aryl methyl sites for hydroxylation is 1. The number of benzene rings is 1. The second kappa shape index (κ2) is 11.0. The molecule has 9 heteroatoms. The number of nitrogens with one attached hydrogen (secondary N) is 2. The summed E-state index contributed by atoms with van der Waals surface area (Å²) in [6.07, 6.45) is 4.26. The highest BCUT2D eigenvalue weighted by Crippen LogP contribution is 2.20. The van der Waals surface area contributed by atoms with E-state index in [0.29, 0.717) is 11.6 Å². The first-order valence-electron chi connectivity index (χ1n) is 9.12. The molecule has 8 nitrogen and oxygen atoms in total. The van der Waals surface area contributed by atoms with E-state index in [1.165, 1.54) is 12.2 Å². The van der Waals surface area contributed by atoms with Crippen molar-refractivity contribution in [1.82, 2.24) is 20.4 Å². The van der Waals surface area contributed by atoms with Crippen molar-refractivity contribution in [2.24, 2.45) is 0 Å². The molecule has 0 aliphatic rings. The molecule has 0 radical (unpaired) electrons. The van der Waals surface area contributed by atoms with Crippen LogP contribution in [-0.4, -0.2) is 40.8 Å². The Morgan fingerprint density at radius 1 is 1.27 bits per heavy atom. The van der Waals surface area contributed by atoms with Crippen molar-refractivity contribution in [2.75, 3.05) is 13.2 Å². The minimum atomic E-state index is -0.738. The van der Waals surface area contributed by atoms with Crippen molar-refractivity contribution in [2.45, 2.75) is 20.4 Å². The molecule has 0 saturated heterocycles. The second-order valence-electron chi connectivity index (χ2n) is 6.32. The van der Waals surface area contributed by atoms with Crippen molar-refractivity contribution >= 4 is 35.6 Å². The van der Waals surface area contributed by atoms with Crippen LogP contribution in [0.1, 0.15) is 22.5 Å². The lowest BCUT2D eigenvalue weighted by Gasteiger charge is -2.06. The highest BCUT2D eigenvalue weighted by Gasteiger charge is 2.12. The number of imide groups is 1. The van der Waals surface area contributed by atoms with Gasteiger partial charge in [0.05, 0.1) is 12.2 Å². The number of amides is 3. The average molecular weight is 431 g/mol. The topological polar surface area (TPSA) is 102 Å². The van der Waals surface area contributed by atoms with Crippen LogP contribution in [0.15, 0.2) is 43.0 Å². The van der Waals surface area contributed by atoms with Gasteiger partial charge in [-0.15, -0.1) is 6.58 Å². The molecule has 0 aliphatic heterocycles. The highest BCUT2D eigenvalue weighted by molar-refractivity contribution is 6.31. The van der Waals surface area contributed by atoms with Crippen molar-refractivity contribution in [3.8, 4) is 0 Å². The third kappa shape index (κ3) is 6.59. The van der Waals surface area contributed by atoms with Gasteiger partial charge in [0.25, 0.3) is 5.91 Å². The van der Waals surface area contributed by atoms with Gasteiger partial charge in [-0.1, -0.05) is 35.9 Å². The molecule has 0 atom stereocenters. The summed E-state index contributed by atoms with van der Waals surface area (Å²) in [5.41, 5.74) is 3.29. The first-order valence-corrected chi connectivity index (χ1v) is 9.50. The van der Waals surface area contributed by atoms with E-state index in [9.17, 15) is 14.4 Å². The maximum absolute atomic E-state index is 11.9. The van der Waals surface area contributed by atoms with Crippen LogP contribution in [0.5, 0.6) is 0 Å². The zero-order chi connectivity index (χ0) is 22.1. The maximum atomic E-state index is 11.9. The summed E-state index contributed by atoms with van der Waals surface area (Å²) in [5, 5.41) is 9.55. The summed E-state index contributed by atoms with van der Waals surface area (Å²) in [4.78, 5) is 34.8. The number of halogens is 1. The Balaban J connectivity index is 1.94. The van der Waals surface area contributed by atoms with Crippen LogP contribution in [-0.2, 0) is 20.9 Å². The van der Waals surface area contributed by atoms with Gasteiger partial charge in [0.2, 0.25) is 0 Å². The van der Waals surface area contributed by atoms with Crippen LogP contribution in [0, 0.1) is 13.8 Å². The molecular weight excluding hydrogens is 408 g/mol. The minimum absolute atomic E-state index is 0.213. The lowest BCUT2D eigenvalue weighted by molar-refractivity contribution is -0.143. The predicted octanol–water partition coefficient (Wildman–Crippen LogP) is 2.77. The fraction of sp³-hybridized carbons (Fsp3) is 0.238. The lowest BCUT2D eigenvalue weighted by Crippen LogP contribution is -2.41. The third-order valence-electron chi connectivity index (χ3n) is 4.11. The summed E-state index contributed by atoms with van der Waals surface area (Å²) in [6, 6.07) is 6.82. The number of urea groups is 1. The number of esters is 1. The molecule has 0 aliphatic carbocycles. The molecule has 30 heavy (non-hydrogen) atoms. The highest BCUT2D eigenvalue weighted by atomic mass is 35.5. The Morgan fingerprint density at radius 3 is 2.70 bits per heavy atom. The molecule has 0 unspecified atom stereocenters. The molecule has 0 fully saturated rings. The summed E-state index contributed by atoms with van der Waals surface area (Å²) in [7, 11) is 0. The molecule has 0 spiro atoms. The smallest absolute Gasteiger partial charge is 0.331 e. The molecule has 2 rings (SSSR count). The Kier molecular flexibility index (Phi) is 8.37. The number of hydrogen-bond donors (Lipinski definition) is 2. The first-order chi connectivity index (χ1) is 14.3. The van der Waals surface area contributed by atoms with E-state index < -0.39 is 24.5 Å². The third-order valence-corrected chi connectivity index (χ3v) is 4.48. The van der Waals surface area contributed by atoms with Gasteiger partial charge in [-0.2, -0.15) is 5.10 Å². The van der Waals surface area contributed by atoms with E-state index in [1.807, 2.05) is 43.4 Å². The number of carbonyl (C=O) groups is 3. The lowest BCUT2D eigenvalue weighted by atomic mass is 10.1. The number of carbonyl (C=O) groups excluding carboxylic acids is 3. The van der Waals surface area contributed by atoms with E-state index in [1.54, 1.807) is 10.8 Å². The first kappa shape index (κ1) is 22.9. The Labute approximate surface area is 179 Å². The fourth-order valence-corrected chi connectivity index (χ4v) is 2.80. The van der Waals surface area contributed by atoms with Crippen LogP contribution < -0.4 is 10.6 Å². The number of ether oxygens (including phenoxy) is 1. The molecule has 2 aromatic rings. The van der Waals surface area contributed by atoms with Gasteiger partial charge in [-0.3, -0.25) is 14.8 Å². The average Bonchev–Trinajstić information content (AvgIpc) is 2.97. The molecule has 3 amide bonds. The van der Waals surface area contributed by atoms with Gasteiger partial charge in [-0.25, -0.2) is 9.59 Å². The van der Waals surface area contributed by atoms with E-state index >= 15 is 0 Å². The van der Waals surface area contributed by atoms with E-state index in [4.69, 9.17) is 16.3 Å². The molecule has 1 heterocycles. The normalized spacial score (nSPS) is 10.6. The maximum Gasteiger partial charge on any atom is 0.331 e. The molecule has 2 N–H and O–H groups in total. The van der Waals surface area contributed by atoms with Gasteiger partial charge >= 0.3 is 12.0 Å². The summed E-state index contributed by atoms with van der Waals surface area (Å²) >= 11 is 6.21. The zero-order valence-electron chi connectivity index (χ0n) is 16.8. The van der Waals surface area contributed by atoms with Crippen molar-refractivity contribution in [1.29, 1.82) is 0 Å². The summed E-state index contributed by atoms with van der Waals surface area (Å²) in [6.45, 7) is 7.29. The van der Waals surface area contributed by atoms with Crippen LogP contribution in [0.2, 0.25) is 5.02 Å². The number of aromatic nitrogens is 2. The molecule has 0 saturated carbocycles. The van der Waals surface area contributed by atoms with Crippen LogP contribution in [0.25, 0.3) is 6.08 Å². The van der Waals surface area contributed by atoms with Gasteiger partial charge in [0.15, 0.2) is 6.61 Å². The monoisotopic (exact) mass is 430 g/mol.